The highest BCUT2D eigenvalue weighted by Crippen LogP contribution is 2.19. The van der Waals surface area contributed by atoms with Gasteiger partial charge in [0.05, 0.1) is 0 Å². The number of nitrogens with one attached hydrogen (secondary N) is 2. The van der Waals surface area contributed by atoms with Gasteiger partial charge in [-0.2, -0.15) is 0 Å². The van der Waals surface area contributed by atoms with Crippen molar-refractivity contribution < 1.29 is 21.6 Å². The van der Waals surface area contributed by atoms with Crippen LogP contribution in [-0.4, -0.2) is 27.5 Å². The molecule has 1 fully saturated rings. The third-order valence-electron chi connectivity index (χ3n) is 2.93. The molecule has 0 saturated carbocycles. The molecule has 1 aromatic rings. The second-order valence-corrected chi connectivity index (χ2v) is 6.02. The summed E-state index contributed by atoms with van der Waals surface area (Å²) in [6, 6.07) is 0.249. The maximum Gasteiger partial charge on any atom is 0.243 e. The quantitative estimate of drug-likeness (QED) is 0.822. The fourth-order valence-corrected chi connectivity index (χ4v) is 3.31. The van der Waals surface area contributed by atoms with E-state index < -0.39 is 32.4 Å². The Hall–Kier alpha value is -1.12. The van der Waals surface area contributed by atoms with Crippen LogP contribution in [0.25, 0.3) is 0 Å². The molecule has 1 aromatic carbocycles. The van der Waals surface area contributed by atoms with E-state index in [1.807, 2.05) is 0 Å². The molecule has 0 aliphatic carbocycles. The van der Waals surface area contributed by atoms with Gasteiger partial charge in [-0.05, 0) is 32.0 Å². The minimum atomic E-state index is -4.19. The van der Waals surface area contributed by atoms with Gasteiger partial charge >= 0.3 is 0 Å². The Morgan fingerprint density at radius 1 is 1.05 bits per heavy atom. The average Bonchev–Trinajstić information content (AvgIpc) is 2.34. The zero-order chi connectivity index (χ0) is 14.0. The van der Waals surface area contributed by atoms with E-state index >= 15 is 0 Å². The fourth-order valence-electron chi connectivity index (χ4n) is 1.93. The van der Waals surface area contributed by atoms with Crippen LogP contribution in [0.3, 0.4) is 0 Å². The fraction of sp³-hybridized carbons (Fsp3) is 0.455. The van der Waals surface area contributed by atoms with Gasteiger partial charge in [-0.3, -0.25) is 0 Å². The van der Waals surface area contributed by atoms with Crippen molar-refractivity contribution in [3.63, 3.8) is 0 Å². The van der Waals surface area contributed by atoms with Crippen LogP contribution in [0.5, 0.6) is 0 Å². The molecule has 1 aliphatic heterocycles. The summed E-state index contributed by atoms with van der Waals surface area (Å²) in [6.45, 7) is 1.29. The molecular weight excluding hydrogens is 281 g/mol. The third-order valence-corrected chi connectivity index (χ3v) is 4.46. The number of piperidine rings is 1. The molecule has 8 heteroatoms. The highest BCUT2D eigenvalue weighted by atomic mass is 32.2. The predicted octanol–water partition coefficient (Wildman–Crippen LogP) is 1.13. The van der Waals surface area contributed by atoms with Crippen molar-refractivity contribution in [1.82, 2.24) is 10.0 Å². The third kappa shape index (κ3) is 3.26. The molecule has 0 amide bonds. The van der Waals surface area contributed by atoms with Gasteiger partial charge in [0.2, 0.25) is 10.0 Å². The minimum absolute atomic E-state index is 0.228. The Bertz CT molecular complexity index is 572. The van der Waals surface area contributed by atoms with E-state index in [2.05, 4.69) is 10.0 Å². The van der Waals surface area contributed by atoms with E-state index in [1.54, 1.807) is 0 Å². The average molecular weight is 294 g/mol. The number of benzene rings is 1. The second-order valence-electron chi connectivity index (χ2n) is 4.34. The largest absolute Gasteiger partial charge is 0.317 e. The number of sulfonamides is 1. The predicted molar refractivity (Wildman–Crippen MR) is 62.5 cm³/mol. The summed E-state index contributed by atoms with van der Waals surface area (Å²) in [6.07, 6.45) is 1.12. The highest BCUT2D eigenvalue weighted by molar-refractivity contribution is 7.89. The topological polar surface area (TPSA) is 58.2 Å². The van der Waals surface area contributed by atoms with Crippen molar-refractivity contribution in [3.8, 4) is 0 Å². The first-order valence-corrected chi connectivity index (χ1v) is 7.26. The molecule has 0 spiro atoms. The van der Waals surface area contributed by atoms with Crippen molar-refractivity contribution in [1.29, 1.82) is 0 Å². The standard InChI is InChI=1S/C11H13F3N2O2S/c12-8-5-10(14)11(6-9(8)13)19(17,18)16-7-1-3-15-4-2-7/h5-7,15-16H,1-4H2. The minimum Gasteiger partial charge on any atom is -0.317 e. The van der Waals surface area contributed by atoms with Crippen molar-refractivity contribution in [3.05, 3.63) is 29.6 Å². The monoisotopic (exact) mass is 294 g/mol. The van der Waals surface area contributed by atoms with Crippen LogP contribution in [0.1, 0.15) is 12.8 Å². The van der Waals surface area contributed by atoms with Crippen LogP contribution in [0.4, 0.5) is 13.2 Å². The number of halogens is 3. The van der Waals surface area contributed by atoms with Crippen LogP contribution in [0.15, 0.2) is 17.0 Å². The van der Waals surface area contributed by atoms with Gasteiger partial charge in [-0.1, -0.05) is 0 Å². The van der Waals surface area contributed by atoms with E-state index in [4.69, 9.17) is 0 Å². The van der Waals surface area contributed by atoms with Gasteiger partial charge in [0.15, 0.2) is 11.6 Å². The molecule has 0 unspecified atom stereocenters. The molecule has 1 saturated heterocycles. The molecule has 4 nitrogen and oxygen atoms in total. The first kappa shape index (κ1) is 14.3. The highest BCUT2D eigenvalue weighted by Gasteiger charge is 2.26. The summed E-state index contributed by atoms with van der Waals surface area (Å²) in [5.41, 5.74) is 0. The van der Waals surface area contributed by atoms with Gasteiger partial charge in [-0.25, -0.2) is 26.3 Å². The van der Waals surface area contributed by atoms with Crippen LogP contribution in [0, 0.1) is 17.5 Å². The van der Waals surface area contributed by atoms with Crippen molar-refractivity contribution in [2.24, 2.45) is 0 Å². The second kappa shape index (κ2) is 5.48. The number of rotatable bonds is 3. The van der Waals surface area contributed by atoms with Gasteiger partial charge < -0.3 is 5.32 Å². The molecule has 2 rings (SSSR count). The molecule has 0 radical (unpaired) electrons. The SMILES string of the molecule is O=S(=O)(NC1CCNCC1)c1cc(F)c(F)cc1F. The first-order valence-electron chi connectivity index (χ1n) is 5.78. The summed E-state index contributed by atoms with van der Waals surface area (Å²) >= 11 is 0. The Morgan fingerprint density at radius 3 is 2.26 bits per heavy atom. The molecule has 106 valence electrons. The molecule has 0 bridgehead atoms. The zero-order valence-corrected chi connectivity index (χ0v) is 10.7. The first-order chi connectivity index (χ1) is 8.90. The molecule has 2 N–H and O–H groups in total. The number of hydrogen-bond acceptors (Lipinski definition) is 3. The van der Waals surface area contributed by atoms with E-state index in [0.29, 0.717) is 32.0 Å². The van der Waals surface area contributed by atoms with E-state index in [0.717, 1.165) is 0 Å². The van der Waals surface area contributed by atoms with Crippen molar-refractivity contribution in [2.45, 2.75) is 23.8 Å². The van der Waals surface area contributed by atoms with Crippen LogP contribution >= 0.6 is 0 Å². The lowest BCUT2D eigenvalue weighted by Crippen LogP contribution is -2.42. The lowest BCUT2D eigenvalue weighted by atomic mass is 10.1. The summed E-state index contributed by atoms with van der Waals surface area (Å²) in [7, 11) is -4.19. The van der Waals surface area contributed by atoms with Crippen LogP contribution < -0.4 is 10.0 Å². The maximum absolute atomic E-state index is 13.4. The number of hydrogen-bond donors (Lipinski definition) is 2. The van der Waals surface area contributed by atoms with E-state index in [-0.39, 0.29) is 12.1 Å². The van der Waals surface area contributed by atoms with Gasteiger partial charge in [0.25, 0.3) is 0 Å². The molecule has 19 heavy (non-hydrogen) atoms. The summed E-state index contributed by atoms with van der Waals surface area (Å²) in [5.74, 6) is -4.12. The Kier molecular flexibility index (Phi) is 4.12. The normalized spacial score (nSPS) is 17.6. The Morgan fingerprint density at radius 2 is 1.63 bits per heavy atom. The van der Waals surface area contributed by atoms with E-state index in [9.17, 15) is 21.6 Å². The summed E-state index contributed by atoms with van der Waals surface area (Å²) in [5, 5.41) is 3.05. The molecule has 0 atom stereocenters. The molecular formula is C11H13F3N2O2S. The van der Waals surface area contributed by atoms with Gasteiger partial charge in [0, 0.05) is 12.1 Å². The lowest BCUT2D eigenvalue weighted by Gasteiger charge is -2.23. The summed E-state index contributed by atoms with van der Waals surface area (Å²) in [4.78, 5) is -0.870. The smallest absolute Gasteiger partial charge is 0.243 e. The molecule has 1 aliphatic rings. The molecule has 0 aromatic heterocycles. The van der Waals surface area contributed by atoms with E-state index in [1.165, 1.54) is 0 Å². The van der Waals surface area contributed by atoms with Crippen molar-refractivity contribution >= 4 is 10.0 Å². The van der Waals surface area contributed by atoms with Gasteiger partial charge in [0.1, 0.15) is 10.7 Å². The van der Waals surface area contributed by atoms with Crippen LogP contribution in [0.2, 0.25) is 0 Å². The van der Waals surface area contributed by atoms with Crippen LogP contribution in [-0.2, 0) is 10.0 Å². The molecule has 1 heterocycles. The Balaban J connectivity index is 2.26. The maximum atomic E-state index is 13.4. The zero-order valence-electron chi connectivity index (χ0n) is 9.92. The summed E-state index contributed by atoms with van der Waals surface area (Å²) < 4.78 is 65.4. The van der Waals surface area contributed by atoms with Crippen molar-refractivity contribution in [2.75, 3.05) is 13.1 Å². The lowest BCUT2D eigenvalue weighted by molar-refractivity contribution is 0.425. The van der Waals surface area contributed by atoms with Gasteiger partial charge in [-0.15, -0.1) is 0 Å². The Labute approximate surface area is 109 Å².